The standard InChI is InChI=1S/C20H20N2O7/c1-12(19(24)22-14-6-7-16-17(9-14)28-11-27-16)29-18(23)10-21-20(25)13-4-3-5-15(8-13)26-2/h3-9,12H,10-11H2,1-2H3,(H,21,25)(H,22,24)/t12-/m1/s1. The third-order valence-corrected chi connectivity index (χ3v) is 4.04. The molecule has 9 nitrogen and oxygen atoms in total. The highest BCUT2D eigenvalue weighted by Crippen LogP contribution is 2.34. The van der Waals surface area contributed by atoms with E-state index in [1.807, 2.05) is 0 Å². The van der Waals surface area contributed by atoms with Crippen LogP contribution in [0.4, 0.5) is 5.69 Å². The largest absolute Gasteiger partial charge is 0.497 e. The number of hydrogen-bond donors (Lipinski definition) is 2. The van der Waals surface area contributed by atoms with Crippen LogP contribution in [0.15, 0.2) is 42.5 Å². The van der Waals surface area contributed by atoms with Crippen LogP contribution in [0, 0.1) is 0 Å². The Morgan fingerprint density at radius 1 is 1.10 bits per heavy atom. The van der Waals surface area contributed by atoms with Gasteiger partial charge in [0.25, 0.3) is 11.8 Å². The molecule has 0 aliphatic carbocycles. The van der Waals surface area contributed by atoms with Gasteiger partial charge in [-0.15, -0.1) is 0 Å². The monoisotopic (exact) mass is 400 g/mol. The van der Waals surface area contributed by atoms with E-state index in [0.717, 1.165) is 0 Å². The van der Waals surface area contributed by atoms with Gasteiger partial charge >= 0.3 is 5.97 Å². The minimum Gasteiger partial charge on any atom is -0.497 e. The highest BCUT2D eigenvalue weighted by molar-refractivity contribution is 5.97. The summed E-state index contributed by atoms with van der Waals surface area (Å²) in [6.45, 7) is 1.18. The highest BCUT2D eigenvalue weighted by Gasteiger charge is 2.20. The molecule has 1 aliphatic heterocycles. The SMILES string of the molecule is COc1cccc(C(=O)NCC(=O)O[C@H](C)C(=O)Nc2ccc3c(c2)OCO3)c1. The molecule has 1 aliphatic rings. The van der Waals surface area contributed by atoms with Crippen LogP contribution in [0.2, 0.25) is 0 Å². The normalized spacial score (nSPS) is 12.6. The lowest BCUT2D eigenvalue weighted by molar-refractivity contribution is -0.152. The van der Waals surface area contributed by atoms with Crippen molar-refractivity contribution in [3.63, 3.8) is 0 Å². The fourth-order valence-electron chi connectivity index (χ4n) is 2.53. The van der Waals surface area contributed by atoms with Gasteiger partial charge in [-0.1, -0.05) is 6.07 Å². The third kappa shape index (κ3) is 5.16. The van der Waals surface area contributed by atoms with Crippen molar-refractivity contribution in [1.82, 2.24) is 5.32 Å². The Balaban J connectivity index is 1.47. The molecule has 2 amide bonds. The molecule has 1 atom stereocenters. The minimum absolute atomic E-state index is 0.127. The predicted molar refractivity (Wildman–Crippen MR) is 102 cm³/mol. The van der Waals surface area contributed by atoms with Gasteiger partial charge in [-0.3, -0.25) is 14.4 Å². The van der Waals surface area contributed by atoms with Crippen molar-refractivity contribution in [2.45, 2.75) is 13.0 Å². The van der Waals surface area contributed by atoms with Crippen LogP contribution in [0.25, 0.3) is 0 Å². The first-order chi connectivity index (χ1) is 14.0. The number of anilines is 1. The molecule has 2 N–H and O–H groups in total. The molecule has 152 valence electrons. The number of ether oxygens (including phenoxy) is 4. The van der Waals surface area contributed by atoms with Gasteiger partial charge in [0.05, 0.1) is 7.11 Å². The maximum atomic E-state index is 12.2. The fourth-order valence-corrected chi connectivity index (χ4v) is 2.53. The molecule has 0 aromatic heterocycles. The van der Waals surface area contributed by atoms with Gasteiger partial charge in [0.1, 0.15) is 12.3 Å². The van der Waals surface area contributed by atoms with Crippen LogP contribution >= 0.6 is 0 Å². The summed E-state index contributed by atoms with van der Waals surface area (Å²) in [5.74, 6) is -0.0831. The molecule has 9 heteroatoms. The molecule has 0 radical (unpaired) electrons. The Morgan fingerprint density at radius 3 is 2.69 bits per heavy atom. The van der Waals surface area contributed by atoms with Crippen molar-refractivity contribution in [2.24, 2.45) is 0 Å². The summed E-state index contributed by atoms with van der Waals surface area (Å²) in [5, 5.41) is 5.07. The molecule has 2 aromatic carbocycles. The van der Waals surface area contributed by atoms with Gasteiger partial charge in [0, 0.05) is 17.3 Å². The third-order valence-electron chi connectivity index (χ3n) is 4.04. The average molecular weight is 400 g/mol. The van der Waals surface area contributed by atoms with E-state index in [2.05, 4.69) is 10.6 Å². The molecule has 0 fully saturated rings. The highest BCUT2D eigenvalue weighted by atomic mass is 16.7. The second-order valence-corrected chi connectivity index (χ2v) is 6.10. The maximum absolute atomic E-state index is 12.2. The lowest BCUT2D eigenvalue weighted by atomic mass is 10.2. The topological polar surface area (TPSA) is 112 Å². The first kappa shape index (κ1) is 20.0. The van der Waals surface area contributed by atoms with Gasteiger partial charge in [-0.05, 0) is 37.3 Å². The second-order valence-electron chi connectivity index (χ2n) is 6.10. The van der Waals surface area contributed by atoms with E-state index in [9.17, 15) is 14.4 Å². The summed E-state index contributed by atoms with van der Waals surface area (Å²) in [4.78, 5) is 36.3. The molecule has 3 rings (SSSR count). The molecule has 0 bridgehead atoms. The Labute approximate surface area is 166 Å². The molecule has 2 aromatic rings. The lowest BCUT2D eigenvalue weighted by Gasteiger charge is -2.14. The second kappa shape index (κ2) is 8.96. The smallest absolute Gasteiger partial charge is 0.326 e. The summed E-state index contributed by atoms with van der Waals surface area (Å²) >= 11 is 0. The zero-order valence-electron chi connectivity index (χ0n) is 15.9. The van der Waals surface area contributed by atoms with Crippen LogP contribution in [0.5, 0.6) is 17.2 Å². The predicted octanol–water partition coefficient (Wildman–Crippen LogP) is 1.72. The number of methoxy groups -OCH3 is 1. The Hall–Kier alpha value is -3.75. The quantitative estimate of drug-likeness (QED) is 0.681. The summed E-state index contributed by atoms with van der Waals surface area (Å²) in [5.41, 5.74) is 0.819. The zero-order chi connectivity index (χ0) is 20.8. The number of fused-ring (bicyclic) bond motifs is 1. The Bertz CT molecular complexity index is 929. The fraction of sp³-hybridized carbons (Fsp3) is 0.250. The molecule has 0 unspecified atom stereocenters. The van der Waals surface area contributed by atoms with Crippen molar-refractivity contribution >= 4 is 23.5 Å². The van der Waals surface area contributed by atoms with E-state index in [1.165, 1.54) is 14.0 Å². The van der Waals surface area contributed by atoms with Gasteiger partial charge in [0.2, 0.25) is 6.79 Å². The van der Waals surface area contributed by atoms with Crippen LogP contribution in [0.3, 0.4) is 0 Å². The first-order valence-electron chi connectivity index (χ1n) is 8.78. The lowest BCUT2D eigenvalue weighted by Crippen LogP contribution is -2.35. The number of carbonyl (C=O) groups excluding carboxylic acids is 3. The van der Waals surface area contributed by atoms with Gasteiger partial charge < -0.3 is 29.6 Å². The van der Waals surface area contributed by atoms with Gasteiger partial charge in [-0.2, -0.15) is 0 Å². The summed E-state index contributed by atoms with van der Waals surface area (Å²) in [7, 11) is 1.49. The summed E-state index contributed by atoms with van der Waals surface area (Å²) < 4.78 is 20.6. The number of carbonyl (C=O) groups is 3. The zero-order valence-corrected chi connectivity index (χ0v) is 15.9. The molecular formula is C20H20N2O7. The minimum atomic E-state index is -1.05. The molecule has 29 heavy (non-hydrogen) atoms. The van der Waals surface area contributed by atoms with Gasteiger partial charge in [-0.25, -0.2) is 0 Å². The van der Waals surface area contributed by atoms with E-state index in [4.69, 9.17) is 18.9 Å². The number of amides is 2. The van der Waals surface area contributed by atoms with Crippen LogP contribution < -0.4 is 24.8 Å². The van der Waals surface area contributed by atoms with Crippen LogP contribution in [-0.4, -0.2) is 44.3 Å². The van der Waals surface area contributed by atoms with E-state index >= 15 is 0 Å². The van der Waals surface area contributed by atoms with E-state index in [0.29, 0.717) is 28.5 Å². The van der Waals surface area contributed by atoms with Crippen molar-refractivity contribution < 1.29 is 33.3 Å². The van der Waals surface area contributed by atoms with Crippen LogP contribution in [-0.2, 0) is 14.3 Å². The number of esters is 1. The Morgan fingerprint density at radius 2 is 1.90 bits per heavy atom. The number of hydrogen-bond acceptors (Lipinski definition) is 7. The summed E-state index contributed by atoms with van der Waals surface area (Å²) in [6, 6.07) is 11.4. The van der Waals surface area contributed by atoms with Crippen LogP contribution in [0.1, 0.15) is 17.3 Å². The number of nitrogens with one attached hydrogen (secondary N) is 2. The maximum Gasteiger partial charge on any atom is 0.326 e. The van der Waals surface area contributed by atoms with Crippen molar-refractivity contribution in [2.75, 3.05) is 25.8 Å². The molecular weight excluding hydrogens is 380 g/mol. The number of benzene rings is 2. The van der Waals surface area contributed by atoms with E-state index in [-0.39, 0.29) is 13.3 Å². The Kier molecular flexibility index (Phi) is 6.18. The molecule has 1 heterocycles. The van der Waals surface area contributed by atoms with Crippen molar-refractivity contribution in [3.8, 4) is 17.2 Å². The van der Waals surface area contributed by atoms with Crippen molar-refractivity contribution in [1.29, 1.82) is 0 Å². The average Bonchev–Trinajstić information content (AvgIpc) is 3.19. The summed E-state index contributed by atoms with van der Waals surface area (Å²) in [6.07, 6.45) is -1.05. The van der Waals surface area contributed by atoms with E-state index < -0.39 is 23.9 Å². The first-order valence-corrected chi connectivity index (χ1v) is 8.78. The van der Waals surface area contributed by atoms with E-state index in [1.54, 1.807) is 42.5 Å². The van der Waals surface area contributed by atoms with Crippen molar-refractivity contribution in [3.05, 3.63) is 48.0 Å². The number of rotatable bonds is 7. The molecule has 0 saturated carbocycles. The van der Waals surface area contributed by atoms with Gasteiger partial charge in [0.15, 0.2) is 17.6 Å². The molecule has 0 spiro atoms. The molecule has 0 saturated heterocycles.